The number of nitrogens with one attached hydrogen (secondary N) is 1. The third-order valence-corrected chi connectivity index (χ3v) is 3.03. The minimum absolute atomic E-state index is 0.0401. The molecular formula is C18H21NO5. The molecule has 0 aliphatic rings. The summed E-state index contributed by atoms with van der Waals surface area (Å²) in [5.41, 5.74) is 0. The van der Waals surface area contributed by atoms with E-state index in [1.54, 1.807) is 6.07 Å². The van der Waals surface area contributed by atoms with E-state index in [2.05, 4.69) is 5.32 Å². The largest absolute Gasteiger partial charge is 0.486 e. The predicted octanol–water partition coefficient (Wildman–Crippen LogP) is 2.79. The van der Waals surface area contributed by atoms with Crippen LogP contribution in [0.15, 0.2) is 46.9 Å². The third kappa shape index (κ3) is 5.79. The lowest BCUT2D eigenvalue weighted by Crippen LogP contribution is -2.31. The highest BCUT2D eigenvalue weighted by Crippen LogP contribution is 2.14. The first-order chi connectivity index (χ1) is 11.5. The Morgan fingerprint density at radius 1 is 1.12 bits per heavy atom. The highest BCUT2D eigenvalue weighted by atomic mass is 16.6. The number of carbonyl (C=O) groups excluding carboxylic acids is 2. The number of benzene rings is 1. The van der Waals surface area contributed by atoms with Gasteiger partial charge in [0.2, 0.25) is 5.76 Å². The molecule has 0 aliphatic carbocycles. The van der Waals surface area contributed by atoms with E-state index in [-0.39, 0.29) is 24.9 Å². The number of furan rings is 1. The molecule has 1 amide bonds. The van der Waals surface area contributed by atoms with Crippen LogP contribution >= 0.6 is 0 Å². The molecule has 1 N–H and O–H groups in total. The fourth-order valence-corrected chi connectivity index (χ4v) is 1.81. The molecule has 2 aromatic rings. The van der Waals surface area contributed by atoms with Crippen LogP contribution < -0.4 is 10.1 Å². The van der Waals surface area contributed by atoms with Crippen LogP contribution in [-0.2, 0) is 16.1 Å². The van der Waals surface area contributed by atoms with Crippen molar-refractivity contribution in [1.82, 2.24) is 5.32 Å². The van der Waals surface area contributed by atoms with E-state index in [1.165, 1.54) is 6.07 Å². The molecule has 24 heavy (non-hydrogen) atoms. The Kier molecular flexibility index (Phi) is 6.42. The van der Waals surface area contributed by atoms with Crippen LogP contribution in [0.5, 0.6) is 5.75 Å². The minimum atomic E-state index is -0.680. The fourth-order valence-electron chi connectivity index (χ4n) is 1.81. The highest BCUT2D eigenvalue weighted by molar-refractivity contribution is 5.88. The van der Waals surface area contributed by atoms with Gasteiger partial charge >= 0.3 is 5.97 Å². The zero-order valence-corrected chi connectivity index (χ0v) is 13.8. The molecule has 1 heterocycles. The summed E-state index contributed by atoms with van der Waals surface area (Å²) in [6.07, 6.45) is 0. The van der Waals surface area contributed by atoms with Crippen molar-refractivity contribution in [2.75, 3.05) is 13.2 Å². The average Bonchev–Trinajstić information content (AvgIpc) is 3.06. The van der Waals surface area contributed by atoms with Gasteiger partial charge in [0, 0.05) is 6.54 Å². The van der Waals surface area contributed by atoms with Crippen LogP contribution in [0.4, 0.5) is 0 Å². The molecule has 0 aliphatic heterocycles. The van der Waals surface area contributed by atoms with Gasteiger partial charge in [0.1, 0.15) is 18.1 Å². The van der Waals surface area contributed by atoms with Gasteiger partial charge in [-0.3, -0.25) is 4.79 Å². The van der Waals surface area contributed by atoms with Crippen LogP contribution in [0.1, 0.15) is 30.2 Å². The molecular weight excluding hydrogens is 310 g/mol. The molecule has 2 rings (SSSR count). The minimum Gasteiger partial charge on any atom is -0.486 e. The van der Waals surface area contributed by atoms with E-state index in [4.69, 9.17) is 13.9 Å². The van der Waals surface area contributed by atoms with Gasteiger partial charge in [-0.1, -0.05) is 32.0 Å². The van der Waals surface area contributed by atoms with Gasteiger partial charge in [0.15, 0.2) is 6.61 Å². The number of esters is 1. The van der Waals surface area contributed by atoms with Crippen molar-refractivity contribution in [1.29, 1.82) is 0 Å². The average molecular weight is 331 g/mol. The molecule has 0 radical (unpaired) electrons. The number of para-hydroxylation sites is 1. The van der Waals surface area contributed by atoms with Gasteiger partial charge in [0.25, 0.3) is 5.91 Å². The van der Waals surface area contributed by atoms with Crippen molar-refractivity contribution in [3.8, 4) is 5.75 Å². The van der Waals surface area contributed by atoms with E-state index < -0.39 is 5.97 Å². The smallest absolute Gasteiger partial charge is 0.374 e. The lowest BCUT2D eigenvalue weighted by molar-refractivity contribution is -0.124. The zero-order chi connectivity index (χ0) is 17.4. The predicted molar refractivity (Wildman–Crippen MR) is 87.6 cm³/mol. The van der Waals surface area contributed by atoms with Crippen LogP contribution in [0.3, 0.4) is 0 Å². The quantitative estimate of drug-likeness (QED) is 0.753. The van der Waals surface area contributed by atoms with Crippen molar-refractivity contribution < 1.29 is 23.5 Å². The third-order valence-electron chi connectivity index (χ3n) is 3.03. The number of carbonyl (C=O) groups is 2. The van der Waals surface area contributed by atoms with Crippen LogP contribution in [0.2, 0.25) is 0 Å². The molecule has 128 valence electrons. The molecule has 0 bridgehead atoms. The van der Waals surface area contributed by atoms with Gasteiger partial charge in [-0.15, -0.1) is 0 Å². The summed E-state index contributed by atoms with van der Waals surface area (Å²) in [4.78, 5) is 23.3. The summed E-state index contributed by atoms with van der Waals surface area (Å²) in [6, 6.07) is 12.4. The maximum absolute atomic E-state index is 11.8. The summed E-state index contributed by atoms with van der Waals surface area (Å²) in [7, 11) is 0. The van der Waals surface area contributed by atoms with E-state index in [9.17, 15) is 9.59 Å². The molecule has 0 saturated carbocycles. The second-order valence-electron chi connectivity index (χ2n) is 5.64. The Morgan fingerprint density at radius 2 is 1.88 bits per heavy atom. The molecule has 0 atom stereocenters. The van der Waals surface area contributed by atoms with Gasteiger partial charge < -0.3 is 19.2 Å². The van der Waals surface area contributed by atoms with E-state index in [1.807, 2.05) is 44.2 Å². The summed E-state index contributed by atoms with van der Waals surface area (Å²) < 4.78 is 15.8. The number of rotatable bonds is 8. The molecule has 0 unspecified atom stereocenters. The second-order valence-corrected chi connectivity index (χ2v) is 5.64. The van der Waals surface area contributed by atoms with E-state index >= 15 is 0 Å². The summed E-state index contributed by atoms with van der Waals surface area (Å²) in [5.74, 6) is 0.562. The SMILES string of the molecule is CC(C)CNC(=O)COC(=O)c1ccc(COc2ccccc2)o1. The van der Waals surface area contributed by atoms with Crippen LogP contribution in [0.25, 0.3) is 0 Å². The van der Waals surface area contributed by atoms with Gasteiger partial charge in [0.05, 0.1) is 0 Å². The van der Waals surface area contributed by atoms with Crippen molar-refractivity contribution in [3.05, 3.63) is 54.0 Å². The van der Waals surface area contributed by atoms with Crippen LogP contribution in [0, 0.1) is 5.92 Å². The van der Waals surface area contributed by atoms with Crippen LogP contribution in [-0.4, -0.2) is 25.0 Å². The monoisotopic (exact) mass is 331 g/mol. The summed E-state index contributed by atoms with van der Waals surface area (Å²) in [6.45, 7) is 4.37. The number of hydrogen-bond acceptors (Lipinski definition) is 5. The van der Waals surface area contributed by atoms with Crippen molar-refractivity contribution >= 4 is 11.9 Å². The van der Waals surface area contributed by atoms with Crippen molar-refractivity contribution in [3.63, 3.8) is 0 Å². The first kappa shape index (κ1) is 17.6. The molecule has 0 spiro atoms. The maximum Gasteiger partial charge on any atom is 0.374 e. The Balaban J connectivity index is 1.77. The van der Waals surface area contributed by atoms with Gasteiger partial charge in [-0.05, 0) is 30.2 Å². The Bertz CT molecular complexity index is 663. The van der Waals surface area contributed by atoms with E-state index in [0.717, 1.165) is 0 Å². The Morgan fingerprint density at radius 3 is 2.58 bits per heavy atom. The number of ether oxygens (including phenoxy) is 2. The van der Waals surface area contributed by atoms with E-state index in [0.29, 0.717) is 24.0 Å². The summed E-state index contributed by atoms with van der Waals surface area (Å²) >= 11 is 0. The second kappa shape index (κ2) is 8.76. The lowest BCUT2D eigenvalue weighted by Gasteiger charge is -2.07. The topological polar surface area (TPSA) is 77.8 Å². The number of amides is 1. The Labute approximate surface area is 140 Å². The molecule has 0 saturated heterocycles. The normalized spacial score (nSPS) is 10.5. The van der Waals surface area contributed by atoms with Gasteiger partial charge in [-0.25, -0.2) is 4.79 Å². The van der Waals surface area contributed by atoms with Crippen molar-refractivity contribution in [2.24, 2.45) is 5.92 Å². The maximum atomic E-state index is 11.8. The molecule has 1 aromatic heterocycles. The molecule has 1 aromatic carbocycles. The molecule has 6 nitrogen and oxygen atoms in total. The first-order valence-electron chi connectivity index (χ1n) is 7.75. The zero-order valence-electron chi connectivity index (χ0n) is 13.8. The number of hydrogen-bond donors (Lipinski definition) is 1. The Hall–Kier alpha value is -2.76. The lowest BCUT2D eigenvalue weighted by atomic mass is 10.2. The molecule has 6 heteroatoms. The highest BCUT2D eigenvalue weighted by Gasteiger charge is 2.15. The van der Waals surface area contributed by atoms with Gasteiger partial charge in [-0.2, -0.15) is 0 Å². The standard InChI is InChI=1S/C18H21NO5/c1-13(2)10-19-17(20)12-23-18(21)16-9-8-15(24-16)11-22-14-6-4-3-5-7-14/h3-9,13H,10-12H2,1-2H3,(H,19,20). The van der Waals surface area contributed by atoms with Crippen molar-refractivity contribution in [2.45, 2.75) is 20.5 Å². The molecule has 0 fully saturated rings. The first-order valence-corrected chi connectivity index (χ1v) is 7.75. The summed E-state index contributed by atoms with van der Waals surface area (Å²) in [5, 5.41) is 2.67. The fraction of sp³-hybridized carbons (Fsp3) is 0.333.